The minimum absolute atomic E-state index is 0.782. The maximum Gasteiger partial charge on any atom is 0.0479 e. The molecular formula is C8H5ClIN. The highest BCUT2D eigenvalue weighted by Gasteiger charge is 1.99. The Morgan fingerprint density at radius 1 is 1.36 bits per heavy atom. The zero-order chi connectivity index (χ0) is 7.84. The van der Waals surface area contributed by atoms with E-state index in [-0.39, 0.29) is 0 Å². The Kier molecular flexibility index (Phi) is 1.81. The molecular weight excluding hydrogens is 272 g/mol. The Labute approximate surface area is 82.9 Å². The molecule has 1 aromatic heterocycles. The molecule has 3 heteroatoms. The summed E-state index contributed by atoms with van der Waals surface area (Å²) in [5.74, 6) is 0. The predicted octanol–water partition coefficient (Wildman–Crippen LogP) is 3.43. The average molecular weight is 277 g/mol. The number of H-pyrrole nitrogens is 1. The van der Waals surface area contributed by atoms with Crippen LogP contribution >= 0.6 is 34.2 Å². The van der Waals surface area contributed by atoms with Crippen LogP contribution in [-0.4, -0.2) is 4.98 Å². The maximum atomic E-state index is 5.86. The highest BCUT2D eigenvalue weighted by molar-refractivity contribution is 14.1. The van der Waals surface area contributed by atoms with Gasteiger partial charge < -0.3 is 4.98 Å². The molecule has 0 unspecified atom stereocenters. The fourth-order valence-corrected chi connectivity index (χ4v) is 2.30. The summed E-state index contributed by atoms with van der Waals surface area (Å²) >= 11 is 8.13. The van der Waals surface area contributed by atoms with Crippen LogP contribution in [-0.2, 0) is 0 Å². The molecule has 0 bridgehead atoms. The number of rotatable bonds is 0. The second-order valence-electron chi connectivity index (χ2n) is 2.33. The number of fused-ring (bicyclic) bond motifs is 1. The molecule has 56 valence electrons. The summed E-state index contributed by atoms with van der Waals surface area (Å²) in [6, 6.07) is 5.94. The Morgan fingerprint density at radius 2 is 2.18 bits per heavy atom. The van der Waals surface area contributed by atoms with Gasteiger partial charge in [-0.25, -0.2) is 0 Å². The first-order chi connectivity index (χ1) is 5.27. The molecule has 1 N–H and O–H groups in total. The van der Waals surface area contributed by atoms with Crippen molar-refractivity contribution < 1.29 is 0 Å². The van der Waals surface area contributed by atoms with E-state index < -0.39 is 0 Å². The first-order valence-electron chi connectivity index (χ1n) is 3.19. The topological polar surface area (TPSA) is 15.8 Å². The van der Waals surface area contributed by atoms with Crippen molar-refractivity contribution >= 4 is 45.1 Å². The third-order valence-corrected chi connectivity index (χ3v) is 2.69. The smallest absolute Gasteiger partial charge is 0.0479 e. The molecule has 1 heterocycles. The van der Waals surface area contributed by atoms with Gasteiger partial charge in [-0.1, -0.05) is 11.6 Å². The molecule has 0 spiro atoms. The van der Waals surface area contributed by atoms with Crippen LogP contribution in [0.5, 0.6) is 0 Å². The molecule has 0 saturated carbocycles. The highest BCUT2D eigenvalue weighted by Crippen LogP contribution is 2.23. The normalized spacial score (nSPS) is 10.7. The van der Waals surface area contributed by atoms with Gasteiger partial charge in [-0.15, -0.1) is 0 Å². The quantitative estimate of drug-likeness (QED) is 0.710. The summed E-state index contributed by atoms with van der Waals surface area (Å²) in [6.07, 6.45) is 1.92. The van der Waals surface area contributed by atoms with Crippen molar-refractivity contribution in [3.05, 3.63) is 33.0 Å². The predicted molar refractivity (Wildman–Crippen MR) is 56.0 cm³/mol. The summed E-state index contributed by atoms with van der Waals surface area (Å²) in [6.45, 7) is 0. The number of hydrogen-bond donors (Lipinski definition) is 1. The Morgan fingerprint density at radius 3 is 3.00 bits per heavy atom. The molecule has 0 aliphatic heterocycles. The van der Waals surface area contributed by atoms with Gasteiger partial charge in [0.15, 0.2) is 0 Å². The molecule has 1 nitrogen and oxygen atoms in total. The van der Waals surface area contributed by atoms with Gasteiger partial charge >= 0.3 is 0 Å². The maximum absolute atomic E-state index is 5.86. The molecule has 0 radical (unpaired) electrons. The summed E-state index contributed by atoms with van der Waals surface area (Å²) < 4.78 is 1.19. The van der Waals surface area contributed by atoms with Crippen LogP contribution in [0.4, 0.5) is 0 Å². The van der Waals surface area contributed by atoms with E-state index in [0.717, 1.165) is 10.5 Å². The highest BCUT2D eigenvalue weighted by atomic mass is 127. The van der Waals surface area contributed by atoms with Crippen LogP contribution in [0, 0.1) is 3.57 Å². The standard InChI is InChI=1S/C8H5ClIN/c9-5-3-7(10)6-1-2-11-8(6)4-5/h1-4,11H. The van der Waals surface area contributed by atoms with E-state index in [9.17, 15) is 0 Å². The third kappa shape index (κ3) is 1.25. The number of aromatic amines is 1. The molecule has 2 rings (SSSR count). The Hall–Kier alpha value is -0.220. The van der Waals surface area contributed by atoms with Gasteiger partial charge in [0.1, 0.15) is 0 Å². The van der Waals surface area contributed by atoms with E-state index in [4.69, 9.17) is 11.6 Å². The lowest BCUT2D eigenvalue weighted by molar-refractivity contribution is 1.48. The summed E-state index contributed by atoms with van der Waals surface area (Å²) in [5.41, 5.74) is 1.10. The largest absolute Gasteiger partial charge is 0.361 e. The van der Waals surface area contributed by atoms with Gasteiger partial charge in [-0.2, -0.15) is 0 Å². The van der Waals surface area contributed by atoms with Gasteiger partial charge in [0, 0.05) is 25.7 Å². The van der Waals surface area contributed by atoms with Gasteiger partial charge in [-0.05, 0) is 40.8 Å². The first kappa shape index (κ1) is 7.43. The van der Waals surface area contributed by atoms with E-state index in [1.165, 1.54) is 8.96 Å². The SMILES string of the molecule is Clc1cc(I)c2cc[nH]c2c1. The zero-order valence-corrected chi connectivity index (χ0v) is 8.48. The summed E-state index contributed by atoms with van der Waals surface area (Å²) in [7, 11) is 0. The van der Waals surface area contributed by atoms with Crippen LogP contribution in [0.2, 0.25) is 5.02 Å². The van der Waals surface area contributed by atoms with E-state index in [1.54, 1.807) is 0 Å². The molecule has 0 amide bonds. The number of nitrogens with one attached hydrogen (secondary N) is 1. The van der Waals surface area contributed by atoms with Crippen molar-refractivity contribution in [3.63, 3.8) is 0 Å². The van der Waals surface area contributed by atoms with Crippen molar-refractivity contribution in [2.75, 3.05) is 0 Å². The van der Waals surface area contributed by atoms with E-state index >= 15 is 0 Å². The summed E-state index contributed by atoms with van der Waals surface area (Å²) in [4.78, 5) is 3.11. The van der Waals surface area contributed by atoms with Gasteiger partial charge in [0.05, 0.1) is 0 Å². The molecule has 0 aliphatic carbocycles. The number of benzene rings is 1. The number of aromatic nitrogens is 1. The zero-order valence-electron chi connectivity index (χ0n) is 5.57. The Bertz CT molecular complexity index is 394. The lowest BCUT2D eigenvalue weighted by atomic mass is 10.2. The third-order valence-electron chi connectivity index (χ3n) is 1.58. The fourth-order valence-electron chi connectivity index (χ4n) is 1.09. The lowest BCUT2D eigenvalue weighted by Crippen LogP contribution is -1.73. The molecule has 0 aliphatic rings. The van der Waals surface area contributed by atoms with Crippen molar-refractivity contribution in [1.29, 1.82) is 0 Å². The second kappa shape index (κ2) is 2.68. The molecule has 0 saturated heterocycles. The van der Waals surface area contributed by atoms with Crippen LogP contribution in [0.25, 0.3) is 10.9 Å². The lowest BCUT2D eigenvalue weighted by Gasteiger charge is -1.94. The molecule has 1 aromatic carbocycles. The second-order valence-corrected chi connectivity index (χ2v) is 3.93. The van der Waals surface area contributed by atoms with Crippen LogP contribution in [0.3, 0.4) is 0 Å². The van der Waals surface area contributed by atoms with Gasteiger partial charge in [-0.3, -0.25) is 0 Å². The Balaban J connectivity index is 2.91. The van der Waals surface area contributed by atoms with E-state index in [0.29, 0.717) is 0 Å². The van der Waals surface area contributed by atoms with Crippen LogP contribution in [0.1, 0.15) is 0 Å². The summed E-state index contributed by atoms with van der Waals surface area (Å²) in [5, 5.41) is 2.01. The van der Waals surface area contributed by atoms with E-state index in [1.807, 2.05) is 24.4 Å². The molecule has 11 heavy (non-hydrogen) atoms. The fraction of sp³-hybridized carbons (Fsp3) is 0. The van der Waals surface area contributed by atoms with E-state index in [2.05, 4.69) is 27.6 Å². The van der Waals surface area contributed by atoms with Crippen LogP contribution in [0.15, 0.2) is 24.4 Å². The average Bonchev–Trinajstić information content (AvgIpc) is 2.34. The van der Waals surface area contributed by atoms with Gasteiger partial charge in [0.2, 0.25) is 0 Å². The molecule has 2 aromatic rings. The minimum Gasteiger partial charge on any atom is -0.361 e. The van der Waals surface area contributed by atoms with Crippen LogP contribution < -0.4 is 0 Å². The molecule has 0 atom stereocenters. The van der Waals surface area contributed by atoms with Crippen molar-refractivity contribution in [2.45, 2.75) is 0 Å². The van der Waals surface area contributed by atoms with Crippen molar-refractivity contribution in [3.8, 4) is 0 Å². The van der Waals surface area contributed by atoms with Crippen molar-refractivity contribution in [1.82, 2.24) is 4.98 Å². The van der Waals surface area contributed by atoms with Gasteiger partial charge in [0.25, 0.3) is 0 Å². The number of halogens is 2. The van der Waals surface area contributed by atoms with Crippen molar-refractivity contribution in [2.24, 2.45) is 0 Å². The monoisotopic (exact) mass is 277 g/mol. The first-order valence-corrected chi connectivity index (χ1v) is 4.65. The molecule has 0 fully saturated rings. The minimum atomic E-state index is 0.782. The number of hydrogen-bond acceptors (Lipinski definition) is 0.